The Hall–Kier alpha value is -2.38. The lowest BCUT2D eigenvalue weighted by Gasteiger charge is -2.11. The number of hydrogen-bond acceptors (Lipinski definition) is 4. The molecule has 1 unspecified atom stereocenters. The van der Waals surface area contributed by atoms with Crippen LogP contribution < -0.4 is 5.32 Å². The van der Waals surface area contributed by atoms with Crippen LogP contribution in [0, 0.1) is 5.82 Å². The second kappa shape index (κ2) is 7.67. The highest BCUT2D eigenvalue weighted by Gasteiger charge is 2.18. The van der Waals surface area contributed by atoms with E-state index in [1.165, 1.54) is 23.9 Å². The summed E-state index contributed by atoms with van der Waals surface area (Å²) in [4.78, 5) is 16.7. The molecular formula is C17H14ClFN4OS. The molecule has 0 saturated heterocycles. The summed E-state index contributed by atoms with van der Waals surface area (Å²) in [6.07, 6.45) is 0. The topological polar surface area (TPSA) is 70.7 Å². The van der Waals surface area contributed by atoms with Gasteiger partial charge in [0.05, 0.1) is 16.0 Å². The molecule has 3 aromatic rings. The standard InChI is InChI=1S/C17H14ClFN4OS/c1-10(16(24)20-14-8-7-12(19)9-13(14)18)25-17-21-15(22-23-17)11-5-3-2-4-6-11/h2-10H,1H3,(H,20,24)(H,21,22,23). The first-order valence-electron chi connectivity index (χ1n) is 7.43. The van der Waals surface area contributed by atoms with Crippen molar-refractivity contribution >= 4 is 35.0 Å². The number of carbonyl (C=O) groups is 1. The monoisotopic (exact) mass is 376 g/mol. The minimum atomic E-state index is -0.459. The third-order valence-electron chi connectivity index (χ3n) is 3.35. The zero-order chi connectivity index (χ0) is 17.8. The van der Waals surface area contributed by atoms with Gasteiger partial charge in [0.1, 0.15) is 5.82 Å². The molecule has 0 aliphatic rings. The number of benzene rings is 2. The average Bonchev–Trinajstić information content (AvgIpc) is 3.06. The van der Waals surface area contributed by atoms with Crippen molar-refractivity contribution < 1.29 is 9.18 Å². The Balaban J connectivity index is 1.65. The summed E-state index contributed by atoms with van der Waals surface area (Å²) in [6, 6.07) is 13.4. The van der Waals surface area contributed by atoms with Crippen LogP contribution >= 0.6 is 23.4 Å². The van der Waals surface area contributed by atoms with Crippen molar-refractivity contribution in [3.63, 3.8) is 0 Å². The number of rotatable bonds is 5. The molecule has 0 aliphatic heterocycles. The van der Waals surface area contributed by atoms with E-state index in [2.05, 4.69) is 20.5 Å². The van der Waals surface area contributed by atoms with E-state index >= 15 is 0 Å². The number of aromatic nitrogens is 3. The fourth-order valence-corrected chi connectivity index (χ4v) is 3.00. The van der Waals surface area contributed by atoms with Crippen LogP contribution in [0.25, 0.3) is 11.4 Å². The zero-order valence-corrected chi connectivity index (χ0v) is 14.7. The summed E-state index contributed by atoms with van der Waals surface area (Å²) in [7, 11) is 0. The SMILES string of the molecule is CC(Sc1n[nH]c(-c2ccccc2)n1)C(=O)Nc1ccc(F)cc1Cl. The first-order chi connectivity index (χ1) is 12.0. The van der Waals surface area contributed by atoms with Gasteiger partial charge in [0.15, 0.2) is 5.82 Å². The van der Waals surface area contributed by atoms with Gasteiger partial charge in [0.2, 0.25) is 11.1 Å². The summed E-state index contributed by atoms with van der Waals surface area (Å²) in [6.45, 7) is 1.73. The summed E-state index contributed by atoms with van der Waals surface area (Å²) >= 11 is 7.13. The van der Waals surface area contributed by atoms with Gasteiger partial charge in [-0.05, 0) is 25.1 Å². The van der Waals surface area contributed by atoms with E-state index in [1.54, 1.807) is 6.92 Å². The van der Waals surface area contributed by atoms with E-state index in [1.807, 2.05) is 30.3 Å². The Kier molecular flexibility index (Phi) is 5.35. The average molecular weight is 377 g/mol. The van der Waals surface area contributed by atoms with Crippen molar-refractivity contribution in [1.82, 2.24) is 15.2 Å². The summed E-state index contributed by atoms with van der Waals surface area (Å²) in [5.74, 6) is -0.0959. The van der Waals surface area contributed by atoms with Crippen LogP contribution in [0.2, 0.25) is 5.02 Å². The van der Waals surface area contributed by atoms with Gasteiger partial charge in [-0.2, -0.15) is 0 Å². The Morgan fingerprint density at radius 2 is 2.04 bits per heavy atom. The van der Waals surface area contributed by atoms with Crippen LogP contribution in [0.5, 0.6) is 0 Å². The predicted molar refractivity (Wildman–Crippen MR) is 97.2 cm³/mol. The number of carbonyl (C=O) groups excluding carboxylic acids is 1. The Bertz CT molecular complexity index is 887. The predicted octanol–water partition coefficient (Wildman–Crippen LogP) is 4.38. The third-order valence-corrected chi connectivity index (χ3v) is 4.63. The van der Waals surface area contributed by atoms with E-state index in [-0.39, 0.29) is 10.9 Å². The second-order valence-electron chi connectivity index (χ2n) is 5.21. The van der Waals surface area contributed by atoms with Crippen molar-refractivity contribution in [3.8, 4) is 11.4 Å². The molecular weight excluding hydrogens is 363 g/mol. The molecule has 0 fully saturated rings. The molecule has 0 saturated carbocycles. The Morgan fingerprint density at radius 1 is 1.28 bits per heavy atom. The van der Waals surface area contributed by atoms with Crippen molar-refractivity contribution in [2.24, 2.45) is 0 Å². The number of nitrogens with zero attached hydrogens (tertiary/aromatic N) is 2. The highest BCUT2D eigenvalue weighted by atomic mass is 35.5. The highest BCUT2D eigenvalue weighted by Crippen LogP contribution is 2.26. The maximum atomic E-state index is 13.1. The molecule has 5 nitrogen and oxygen atoms in total. The van der Waals surface area contributed by atoms with E-state index in [4.69, 9.17) is 11.6 Å². The minimum Gasteiger partial charge on any atom is -0.324 e. The molecule has 3 rings (SSSR count). The zero-order valence-electron chi connectivity index (χ0n) is 13.2. The van der Waals surface area contributed by atoms with E-state index in [9.17, 15) is 9.18 Å². The lowest BCUT2D eigenvalue weighted by atomic mass is 10.2. The number of anilines is 1. The van der Waals surface area contributed by atoms with Crippen molar-refractivity contribution in [3.05, 3.63) is 59.4 Å². The maximum Gasteiger partial charge on any atom is 0.237 e. The normalized spacial score (nSPS) is 12.0. The van der Waals surface area contributed by atoms with Gasteiger partial charge in [0.25, 0.3) is 0 Å². The number of amides is 1. The van der Waals surface area contributed by atoms with Gasteiger partial charge in [0, 0.05) is 5.56 Å². The molecule has 128 valence electrons. The van der Waals surface area contributed by atoms with Crippen molar-refractivity contribution in [1.29, 1.82) is 0 Å². The van der Waals surface area contributed by atoms with Gasteiger partial charge >= 0.3 is 0 Å². The van der Waals surface area contributed by atoms with Crippen LogP contribution in [-0.2, 0) is 4.79 Å². The van der Waals surface area contributed by atoms with Crippen LogP contribution in [0.3, 0.4) is 0 Å². The third kappa shape index (κ3) is 4.37. The fourth-order valence-electron chi connectivity index (χ4n) is 2.06. The molecule has 2 N–H and O–H groups in total. The maximum absolute atomic E-state index is 13.1. The number of thioether (sulfide) groups is 1. The van der Waals surface area contributed by atoms with Gasteiger partial charge in [-0.15, -0.1) is 5.10 Å². The quantitative estimate of drug-likeness (QED) is 0.648. The lowest BCUT2D eigenvalue weighted by Crippen LogP contribution is -2.22. The van der Waals surface area contributed by atoms with Crippen LogP contribution in [-0.4, -0.2) is 26.3 Å². The van der Waals surface area contributed by atoms with Gasteiger partial charge in [-0.3, -0.25) is 9.89 Å². The number of nitrogens with one attached hydrogen (secondary N) is 2. The molecule has 0 aliphatic carbocycles. The van der Waals surface area contributed by atoms with E-state index in [0.29, 0.717) is 16.7 Å². The van der Waals surface area contributed by atoms with Gasteiger partial charge in [-0.25, -0.2) is 9.37 Å². The minimum absolute atomic E-state index is 0.148. The molecule has 0 radical (unpaired) electrons. The van der Waals surface area contributed by atoms with Crippen LogP contribution in [0.15, 0.2) is 53.7 Å². The van der Waals surface area contributed by atoms with E-state index in [0.717, 1.165) is 11.6 Å². The number of aromatic amines is 1. The largest absolute Gasteiger partial charge is 0.324 e. The second-order valence-corrected chi connectivity index (χ2v) is 6.92. The molecule has 25 heavy (non-hydrogen) atoms. The van der Waals surface area contributed by atoms with Crippen molar-refractivity contribution in [2.75, 3.05) is 5.32 Å². The first kappa shape index (κ1) is 17.4. The van der Waals surface area contributed by atoms with Gasteiger partial charge in [-0.1, -0.05) is 53.7 Å². The summed E-state index contributed by atoms with van der Waals surface area (Å²) in [5, 5.41) is 9.80. The molecule has 1 amide bonds. The van der Waals surface area contributed by atoms with Crippen molar-refractivity contribution in [2.45, 2.75) is 17.3 Å². The summed E-state index contributed by atoms with van der Waals surface area (Å²) in [5.41, 5.74) is 1.28. The molecule has 1 atom stereocenters. The molecule has 1 aromatic heterocycles. The van der Waals surface area contributed by atoms with Crippen LogP contribution in [0.1, 0.15) is 6.92 Å². The van der Waals surface area contributed by atoms with Crippen LogP contribution in [0.4, 0.5) is 10.1 Å². The smallest absolute Gasteiger partial charge is 0.237 e. The molecule has 8 heteroatoms. The highest BCUT2D eigenvalue weighted by molar-refractivity contribution is 8.00. The molecule has 0 bridgehead atoms. The fraction of sp³-hybridized carbons (Fsp3) is 0.118. The Labute approximate surface area is 153 Å². The molecule has 0 spiro atoms. The lowest BCUT2D eigenvalue weighted by molar-refractivity contribution is -0.115. The van der Waals surface area contributed by atoms with E-state index < -0.39 is 11.1 Å². The first-order valence-corrected chi connectivity index (χ1v) is 8.69. The van der Waals surface area contributed by atoms with Gasteiger partial charge < -0.3 is 5.32 Å². The number of hydrogen-bond donors (Lipinski definition) is 2. The summed E-state index contributed by atoms with van der Waals surface area (Å²) < 4.78 is 13.1. The Morgan fingerprint density at radius 3 is 2.76 bits per heavy atom. The molecule has 1 heterocycles. The molecule has 2 aromatic carbocycles. The number of H-pyrrole nitrogens is 1. The number of halogens is 2.